The standard InChI is InChI=1S/C30H36ClN3O4S/c1-4-5-19-32-30(36)24(3)33(20-18-25-12-8-6-9-13-25)29(35)22-34(26-17-16-23(2)28(31)21-26)39(37,38)27-14-10-7-11-15-27/h6-17,21,24H,4-5,18-20,22H2,1-3H3,(H,32,36)/t24-/m0/s1. The SMILES string of the molecule is CCCCNC(=O)[C@H](C)N(CCc1ccccc1)C(=O)CN(c1ccc(C)c(Cl)c1)S(=O)(=O)c1ccccc1. The first-order chi connectivity index (χ1) is 18.6. The normalized spacial score (nSPS) is 12.0. The third-order valence-electron chi connectivity index (χ3n) is 6.53. The van der Waals surface area contributed by atoms with Crippen LogP contribution in [0.2, 0.25) is 5.02 Å². The molecule has 0 aliphatic carbocycles. The van der Waals surface area contributed by atoms with E-state index in [1.165, 1.54) is 17.0 Å². The maximum atomic E-state index is 13.9. The van der Waals surface area contributed by atoms with Gasteiger partial charge < -0.3 is 10.2 Å². The van der Waals surface area contributed by atoms with Crippen molar-refractivity contribution in [2.75, 3.05) is 23.9 Å². The van der Waals surface area contributed by atoms with E-state index in [4.69, 9.17) is 11.6 Å². The highest BCUT2D eigenvalue weighted by Gasteiger charge is 2.32. The lowest BCUT2D eigenvalue weighted by molar-refractivity contribution is -0.138. The molecule has 0 bridgehead atoms. The number of sulfonamides is 1. The fraction of sp³-hybridized carbons (Fsp3) is 0.333. The first kappa shape index (κ1) is 30.2. The number of halogens is 1. The zero-order valence-corrected chi connectivity index (χ0v) is 24.2. The summed E-state index contributed by atoms with van der Waals surface area (Å²) in [6, 6.07) is 21.7. The van der Waals surface area contributed by atoms with Crippen LogP contribution in [0.25, 0.3) is 0 Å². The molecule has 0 saturated heterocycles. The second kappa shape index (κ2) is 14.1. The molecular weight excluding hydrogens is 534 g/mol. The van der Waals surface area contributed by atoms with Gasteiger partial charge in [0.05, 0.1) is 10.6 Å². The number of hydrogen-bond donors (Lipinski definition) is 1. The molecule has 1 N–H and O–H groups in total. The minimum absolute atomic E-state index is 0.0516. The van der Waals surface area contributed by atoms with Gasteiger partial charge in [-0.1, -0.05) is 79.5 Å². The molecule has 0 heterocycles. The summed E-state index contributed by atoms with van der Waals surface area (Å²) in [5.41, 5.74) is 2.06. The third kappa shape index (κ3) is 8.07. The number of unbranched alkanes of at least 4 members (excludes halogenated alkanes) is 1. The van der Waals surface area contributed by atoms with E-state index in [2.05, 4.69) is 5.32 Å². The lowest BCUT2D eigenvalue weighted by Gasteiger charge is -2.32. The Balaban J connectivity index is 1.96. The van der Waals surface area contributed by atoms with Gasteiger partial charge in [0, 0.05) is 18.1 Å². The summed E-state index contributed by atoms with van der Waals surface area (Å²) in [5.74, 6) is -0.763. The lowest BCUT2D eigenvalue weighted by Crippen LogP contribution is -2.52. The van der Waals surface area contributed by atoms with Gasteiger partial charge in [0.25, 0.3) is 10.0 Å². The van der Waals surface area contributed by atoms with Gasteiger partial charge in [-0.05, 0) is 62.1 Å². The Hall–Kier alpha value is -3.36. The molecule has 0 saturated carbocycles. The molecule has 3 rings (SSSR count). The maximum absolute atomic E-state index is 13.9. The van der Waals surface area contributed by atoms with Crippen molar-refractivity contribution in [3.05, 3.63) is 95.0 Å². The maximum Gasteiger partial charge on any atom is 0.264 e. The first-order valence-electron chi connectivity index (χ1n) is 13.1. The molecule has 0 unspecified atom stereocenters. The summed E-state index contributed by atoms with van der Waals surface area (Å²) in [6.07, 6.45) is 2.27. The van der Waals surface area contributed by atoms with E-state index in [0.717, 1.165) is 28.3 Å². The molecule has 9 heteroatoms. The molecule has 208 valence electrons. The number of rotatable bonds is 13. The summed E-state index contributed by atoms with van der Waals surface area (Å²) < 4.78 is 28.6. The molecule has 39 heavy (non-hydrogen) atoms. The number of benzene rings is 3. The van der Waals surface area contributed by atoms with Gasteiger partial charge >= 0.3 is 0 Å². The Kier molecular flexibility index (Phi) is 10.9. The molecule has 0 aliphatic rings. The summed E-state index contributed by atoms with van der Waals surface area (Å²) >= 11 is 6.35. The summed E-state index contributed by atoms with van der Waals surface area (Å²) in [7, 11) is -4.12. The smallest absolute Gasteiger partial charge is 0.264 e. The molecule has 3 aromatic rings. The van der Waals surface area contributed by atoms with E-state index < -0.39 is 28.5 Å². The van der Waals surface area contributed by atoms with Gasteiger partial charge in [-0.15, -0.1) is 0 Å². The van der Waals surface area contributed by atoms with Crippen LogP contribution in [-0.2, 0) is 26.0 Å². The molecular formula is C30H36ClN3O4S. The number of carbonyl (C=O) groups excluding carboxylic acids is 2. The predicted octanol–water partition coefficient (Wildman–Crippen LogP) is 5.22. The fourth-order valence-corrected chi connectivity index (χ4v) is 5.69. The summed E-state index contributed by atoms with van der Waals surface area (Å²) in [4.78, 5) is 28.3. The van der Waals surface area contributed by atoms with Crippen LogP contribution in [0, 0.1) is 6.92 Å². The number of nitrogens with one attached hydrogen (secondary N) is 1. The fourth-order valence-electron chi connectivity index (χ4n) is 4.09. The van der Waals surface area contributed by atoms with Crippen LogP contribution in [0.15, 0.2) is 83.8 Å². The highest BCUT2D eigenvalue weighted by Crippen LogP contribution is 2.28. The largest absolute Gasteiger partial charge is 0.354 e. The molecule has 0 spiro atoms. The second-order valence-corrected chi connectivity index (χ2v) is 11.7. The molecule has 7 nitrogen and oxygen atoms in total. The highest BCUT2D eigenvalue weighted by molar-refractivity contribution is 7.92. The van der Waals surface area contributed by atoms with Crippen LogP contribution < -0.4 is 9.62 Å². The van der Waals surface area contributed by atoms with E-state index in [-0.39, 0.29) is 23.0 Å². The number of anilines is 1. The Morgan fingerprint density at radius 2 is 1.62 bits per heavy atom. The van der Waals surface area contributed by atoms with Crippen LogP contribution in [0.3, 0.4) is 0 Å². The van der Waals surface area contributed by atoms with Gasteiger partial charge in [0.15, 0.2) is 0 Å². The minimum Gasteiger partial charge on any atom is -0.354 e. The van der Waals surface area contributed by atoms with Crippen molar-refractivity contribution in [3.63, 3.8) is 0 Å². The first-order valence-corrected chi connectivity index (χ1v) is 14.9. The summed E-state index contributed by atoms with van der Waals surface area (Å²) in [6.45, 7) is 5.79. The predicted molar refractivity (Wildman–Crippen MR) is 156 cm³/mol. The zero-order valence-electron chi connectivity index (χ0n) is 22.6. The Bertz CT molecular complexity index is 1350. The zero-order chi connectivity index (χ0) is 28.4. The van der Waals surface area contributed by atoms with E-state index in [1.54, 1.807) is 43.3 Å². The second-order valence-electron chi connectivity index (χ2n) is 9.40. The van der Waals surface area contributed by atoms with Gasteiger partial charge in [0.2, 0.25) is 11.8 Å². The lowest BCUT2D eigenvalue weighted by atomic mass is 10.1. The number of nitrogens with zero attached hydrogens (tertiary/aromatic N) is 2. The van der Waals surface area contributed by atoms with E-state index in [0.29, 0.717) is 18.0 Å². The van der Waals surface area contributed by atoms with E-state index >= 15 is 0 Å². The third-order valence-corrected chi connectivity index (χ3v) is 8.73. The van der Waals surface area contributed by atoms with Crippen LogP contribution in [0.5, 0.6) is 0 Å². The molecule has 0 radical (unpaired) electrons. The van der Waals surface area contributed by atoms with Crippen LogP contribution in [-0.4, -0.2) is 50.8 Å². The number of amides is 2. The van der Waals surface area contributed by atoms with Gasteiger partial charge in [-0.25, -0.2) is 8.42 Å². The van der Waals surface area contributed by atoms with Gasteiger partial charge in [-0.2, -0.15) is 0 Å². The molecule has 2 amide bonds. The van der Waals surface area contributed by atoms with Crippen molar-refractivity contribution < 1.29 is 18.0 Å². The Labute approximate surface area is 236 Å². The van der Waals surface area contributed by atoms with Crippen LogP contribution in [0.4, 0.5) is 5.69 Å². The number of carbonyl (C=O) groups is 2. The molecule has 1 atom stereocenters. The average molecular weight is 570 g/mol. The average Bonchev–Trinajstić information content (AvgIpc) is 2.94. The van der Waals surface area contributed by atoms with Crippen LogP contribution in [0.1, 0.15) is 37.8 Å². The van der Waals surface area contributed by atoms with Crippen LogP contribution >= 0.6 is 11.6 Å². The van der Waals surface area contributed by atoms with Gasteiger partial charge in [0.1, 0.15) is 12.6 Å². The quantitative estimate of drug-likeness (QED) is 0.286. The molecule has 0 aliphatic heterocycles. The van der Waals surface area contributed by atoms with Crippen molar-refractivity contribution in [2.24, 2.45) is 0 Å². The number of aryl methyl sites for hydroxylation is 1. The molecule has 0 fully saturated rings. The van der Waals surface area contributed by atoms with Crippen molar-refractivity contribution in [1.82, 2.24) is 10.2 Å². The van der Waals surface area contributed by atoms with E-state index in [9.17, 15) is 18.0 Å². The molecule has 0 aromatic heterocycles. The molecule has 3 aromatic carbocycles. The number of hydrogen-bond acceptors (Lipinski definition) is 4. The van der Waals surface area contributed by atoms with Crippen molar-refractivity contribution >= 4 is 39.1 Å². The summed E-state index contributed by atoms with van der Waals surface area (Å²) in [5, 5.41) is 3.28. The Morgan fingerprint density at radius 3 is 2.23 bits per heavy atom. The highest BCUT2D eigenvalue weighted by atomic mass is 35.5. The Morgan fingerprint density at radius 1 is 0.974 bits per heavy atom. The monoisotopic (exact) mass is 569 g/mol. The topological polar surface area (TPSA) is 86.8 Å². The van der Waals surface area contributed by atoms with Gasteiger partial charge in [-0.3, -0.25) is 13.9 Å². The van der Waals surface area contributed by atoms with Crippen molar-refractivity contribution in [2.45, 2.75) is 51.0 Å². The van der Waals surface area contributed by atoms with Crippen molar-refractivity contribution in [1.29, 1.82) is 0 Å². The van der Waals surface area contributed by atoms with E-state index in [1.807, 2.05) is 44.2 Å². The van der Waals surface area contributed by atoms with Crippen molar-refractivity contribution in [3.8, 4) is 0 Å². The minimum atomic E-state index is -4.12.